The number of nitrogens with one attached hydrogen (secondary N) is 2. The molecule has 0 bridgehead atoms. The lowest BCUT2D eigenvalue weighted by molar-refractivity contribution is -0.122. The number of methoxy groups -OCH3 is 1. The molecule has 4 N–H and O–H groups in total. The van der Waals surface area contributed by atoms with Gasteiger partial charge in [-0.2, -0.15) is 0 Å². The fourth-order valence-electron chi connectivity index (χ4n) is 2.30. The molecular weight excluding hydrogens is 320 g/mol. The van der Waals surface area contributed by atoms with E-state index in [1.165, 1.54) is 31.4 Å². The van der Waals surface area contributed by atoms with Gasteiger partial charge in [0.15, 0.2) is 0 Å². The van der Waals surface area contributed by atoms with E-state index in [4.69, 9.17) is 19.7 Å². The molecule has 3 rings (SSSR count). The van der Waals surface area contributed by atoms with Crippen molar-refractivity contribution >= 4 is 6.47 Å². The smallest absolute Gasteiger partial charge is 0.290 e. The van der Waals surface area contributed by atoms with Gasteiger partial charge < -0.3 is 25.6 Å². The van der Waals surface area contributed by atoms with Crippen molar-refractivity contribution < 1.29 is 19.7 Å². The summed E-state index contributed by atoms with van der Waals surface area (Å²) in [6.07, 6.45) is 5.25. The summed E-state index contributed by atoms with van der Waals surface area (Å²) in [5, 5.41) is 21.7. The van der Waals surface area contributed by atoms with Crippen LogP contribution in [0, 0.1) is 12.8 Å². The van der Waals surface area contributed by atoms with Crippen molar-refractivity contribution in [3.05, 3.63) is 29.8 Å². The first-order valence-corrected chi connectivity index (χ1v) is 8.79. The van der Waals surface area contributed by atoms with Gasteiger partial charge in [0.25, 0.3) is 6.47 Å². The van der Waals surface area contributed by atoms with Crippen LogP contribution in [-0.2, 0) is 4.79 Å². The van der Waals surface area contributed by atoms with E-state index in [0.29, 0.717) is 0 Å². The number of hydrogen-bond acceptors (Lipinski definition) is 5. The minimum Gasteiger partial charge on any atom is -0.497 e. The summed E-state index contributed by atoms with van der Waals surface area (Å²) in [6.45, 7) is 4.82. The molecule has 1 unspecified atom stereocenters. The van der Waals surface area contributed by atoms with E-state index in [9.17, 15) is 0 Å². The van der Waals surface area contributed by atoms with E-state index >= 15 is 0 Å². The lowest BCUT2D eigenvalue weighted by atomic mass is 9.86. The van der Waals surface area contributed by atoms with Crippen LogP contribution in [0.25, 0.3) is 0 Å². The highest BCUT2D eigenvalue weighted by molar-refractivity contribution is 5.32. The summed E-state index contributed by atoms with van der Waals surface area (Å²) in [5.41, 5.74) is 1.26. The van der Waals surface area contributed by atoms with Crippen molar-refractivity contribution in [1.29, 1.82) is 0 Å². The Bertz CT molecular complexity index is 416. The Morgan fingerprint density at radius 1 is 1.28 bits per heavy atom. The molecule has 0 aromatic heterocycles. The fraction of sp³-hybridized carbons (Fsp3) is 0.632. The number of aliphatic hydroxyl groups is 1. The molecule has 144 valence electrons. The molecule has 1 saturated heterocycles. The number of carboxylic acid groups (broad SMARTS) is 1. The van der Waals surface area contributed by atoms with Crippen molar-refractivity contribution in [3.63, 3.8) is 0 Å². The average molecular weight is 354 g/mol. The molecule has 1 saturated carbocycles. The molecule has 2 fully saturated rings. The van der Waals surface area contributed by atoms with Crippen LogP contribution in [0.1, 0.15) is 31.2 Å². The van der Waals surface area contributed by atoms with Crippen molar-refractivity contribution in [2.24, 2.45) is 5.92 Å². The number of hydrogen-bond donors (Lipinski definition) is 4. The monoisotopic (exact) mass is 354 g/mol. The van der Waals surface area contributed by atoms with Gasteiger partial charge in [0.1, 0.15) is 5.75 Å². The Kier molecular flexibility index (Phi) is 14.8. The number of rotatable bonds is 3. The highest BCUT2D eigenvalue weighted by atomic mass is 16.5. The normalized spacial score (nSPS) is 18.2. The van der Waals surface area contributed by atoms with Crippen LogP contribution in [-0.4, -0.2) is 56.6 Å². The number of aryl methyl sites for hydroxylation is 1. The Hall–Kier alpha value is -1.63. The van der Waals surface area contributed by atoms with Crippen molar-refractivity contribution in [3.8, 4) is 5.75 Å². The minimum atomic E-state index is -0.250. The topological polar surface area (TPSA) is 90.8 Å². The van der Waals surface area contributed by atoms with Crippen molar-refractivity contribution in [2.75, 3.05) is 33.8 Å². The first kappa shape index (κ1) is 23.4. The molecule has 1 aliphatic heterocycles. The van der Waals surface area contributed by atoms with Gasteiger partial charge in [-0.3, -0.25) is 4.79 Å². The average Bonchev–Trinajstić information content (AvgIpc) is 3.05. The second-order valence-corrected chi connectivity index (χ2v) is 6.12. The Morgan fingerprint density at radius 3 is 2.12 bits per heavy atom. The summed E-state index contributed by atoms with van der Waals surface area (Å²) < 4.78 is 4.97. The SMILES string of the molecule is CNCC1CCC1.COc1ccc(C)cc1.O=CO.OC1CCNC1. The lowest BCUT2D eigenvalue weighted by Gasteiger charge is -2.24. The summed E-state index contributed by atoms with van der Waals surface area (Å²) >= 11 is 0. The fourth-order valence-corrected chi connectivity index (χ4v) is 2.30. The number of carbonyl (C=O) groups is 1. The number of ether oxygens (including phenoxy) is 1. The zero-order valence-electron chi connectivity index (χ0n) is 15.7. The second kappa shape index (κ2) is 15.9. The highest BCUT2D eigenvalue weighted by Crippen LogP contribution is 2.24. The Balaban J connectivity index is 0.000000326. The molecule has 1 aliphatic carbocycles. The van der Waals surface area contributed by atoms with Crippen molar-refractivity contribution in [2.45, 2.75) is 38.7 Å². The summed E-state index contributed by atoms with van der Waals surface area (Å²) in [6, 6.07) is 7.96. The maximum Gasteiger partial charge on any atom is 0.290 e. The van der Waals surface area contributed by atoms with E-state index in [1.807, 2.05) is 31.3 Å². The molecule has 0 spiro atoms. The minimum absolute atomic E-state index is 0.0648. The summed E-state index contributed by atoms with van der Waals surface area (Å²) in [7, 11) is 3.70. The van der Waals surface area contributed by atoms with Gasteiger partial charge in [-0.25, -0.2) is 0 Å². The van der Waals surface area contributed by atoms with Crippen LogP contribution < -0.4 is 15.4 Å². The molecule has 6 nitrogen and oxygen atoms in total. The van der Waals surface area contributed by atoms with Gasteiger partial charge >= 0.3 is 0 Å². The molecule has 0 radical (unpaired) electrons. The molecule has 6 heteroatoms. The Morgan fingerprint density at radius 2 is 1.88 bits per heavy atom. The lowest BCUT2D eigenvalue weighted by Crippen LogP contribution is -2.24. The third-order valence-corrected chi connectivity index (χ3v) is 4.01. The molecular formula is C19H34N2O4. The van der Waals surface area contributed by atoms with Crippen LogP contribution >= 0.6 is 0 Å². The van der Waals surface area contributed by atoms with Crippen LogP contribution in [0.4, 0.5) is 0 Å². The number of aliphatic hydroxyl groups excluding tert-OH is 1. The van der Waals surface area contributed by atoms with Crippen LogP contribution in [0.15, 0.2) is 24.3 Å². The third kappa shape index (κ3) is 13.3. The number of benzene rings is 1. The van der Waals surface area contributed by atoms with Crippen molar-refractivity contribution in [1.82, 2.24) is 10.6 Å². The predicted molar refractivity (Wildman–Crippen MR) is 101 cm³/mol. The maximum atomic E-state index is 8.67. The highest BCUT2D eigenvalue weighted by Gasteiger charge is 2.15. The zero-order valence-corrected chi connectivity index (χ0v) is 15.7. The van der Waals surface area contributed by atoms with Gasteiger partial charge in [0.05, 0.1) is 13.2 Å². The first-order chi connectivity index (χ1) is 12.1. The van der Waals surface area contributed by atoms with E-state index in [0.717, 1.165) is 31.2 Å². The van der Waals surface area contributed by atoms with Gasteiger partial charge in [0, 0.05) is 6.54 Å². The quantitative estimate of drug-likeness (QED) is 0.621. The van der Waals surface area contributed by atoms with E-state index in [-0.39, 0.29) is 12.6 Å². The molecule has 1 aromatic rings. The van der Waals surface area contributed by atoms with Crippen LogP contribution in [0.2, 0.25) is 0 Å². The molecule has 1 heterocycles. The maximum absolute atomic E-state index is 8.67. The Labute approximate surface area is 151 Å². The van der Waals surface area contributed by atoms with Gasteiger partial charge in [-0.1, -0.05) is 24.1 Å². The van der Waals surface area contributed by atoms with Gasteiger partial charge in [-0.15, -0.1) is 0 Å². The summed E-state index contributed by atoms with van der Waals surface area (Å²) in [5.74, 6) is 1.94. The van der Waals surface area contributed by atoms with Crippen LogP contribution in [0.3, 0.4) is 0 Å². The number of β-amino-alcohol motifs (C(OH)–C–C–N with tert-alkyl or cyclic N) is 1. The van der Waals surface area contributed by atoms with E-state index in [2.05, 4.69) is 17.6 Å². The van der Waals surface area contributed by atoms with E-state index < -0.39 is 0 Å². The molecule has 1 aromatic carbocycles. The largest absolute Gasteiger partial charge is 0.497 e. The van der Waals surface area contributed by atoms with Crippen LogP contribution in [0.5, 0.6) is 5.75 Å². The van der Waals surface area contributed by atoms with E-state index in [1.54, 1.807) is 7.11 Å². The summed E-state index contributed by atoms with van der Waals surface area (Å²) in [4.78, 5) is 8.36. The molecule has 2 aliphatic rings. The zero-order chi connectivity index (χ0) is 18.9. The predicted octanol–water partition coefficient (Wildman–Crippen LogP) is 2.05. The van der Waals surface area contributed by atoms with Gasteiger partial charge in [0.2, 0.25) is 0 Å². The van der Waals surface area contributed by atoms with Gasteiger partial charge in [-0.05, 0) is 64.4 Å². The standard InChI is InChI=1S/C8H10O.C6H13N.C4H9NO.CH2O2/c1-7-3-5-8(9-2)6-4-7;1-7-5-6-3-2-4-6;6-4-1-2-5-3-4;2-1-3/h3-6H,1-2H3;6-7H,2-5H2,1H3;4-6H,1-3H2;1H,(H,2,3). The molecule has 1 atom stereocenters. The first-order valence-electron chi connectivity index (χ1n) is 8.79. The molecule has 0 amide bonds. The molecule has 25 heavy (non-hydrogen) atoms. The second-order valence-electron chi connectivity index (χ2n) is 6.12. The third-order valence-electron chi connectivity index (χ3n) is 4.01.